The van der Waals surface area contributed by atoms with Gasteiger partial charge in [0.05, 0.1) is 40.9 Å². The van der Waals surface area contributed by atoms with E-state index in [2.05, 4.69) is 32.1 Å². The molecule has 0 atom stereocenters. The van der Waals surface area contributed by atoms with Gasteiger partial charge in [-0.2, -0.15) is 10.4 Å². The maximum absolute atomic E-state index is 12.1. The van der Waals surface area contributed by atoms with Gasteiger partial charge in [-0.1, -0.05) is 5.21 Å². The predicted octanol–water partition coefficient (Wildman–Crippen LogP) is 3.58. The maximum atomic E-state index is 12.1. The van der Waals surface area contributed by atoms with Crippen LogP contribution >= 0.6 is 0 Å². The highest BCUT2D eigenvalue weighted by atomic mass is 16.2. The molecule has 0 bridgehead atoms. The van der Waals surface area contributed by atoms with Gasteiger partial charge in [-0.05, 0) is 62.8 Å². The van der Waals surface area contributed by atoms with Gasteiger partial charge in [0, 0.05) is 36.5 Å². The van der Waals surface area contributed by atoms with Gasteiger partial charge in [-0.15, -0.1) is 5.10 Å². The van der Waals surface area contributed by atoms with E-state index in [4.69, 9.17) is 10.2 Å². The van der Waals surface area contributed by atoms with E-state index in [0.29, 0.717) is 5.56 Å². The summed E-state index contributed by atoms with van der Waals surface area (Å²) in [5.41, 5.74) is 5.49. The Morgan fingerprint density at radius 2 is 1.92 bits per heavy atom. The number of anilines is 1. The molecule has 4 heterocycles. The molecule has 1 amide bonds. The molecule has 0 radical (unpaired) electrons. The first-order valence-electron chi connectivity index (χ1n) is 12.4. The lowest BCUT2D eigenvalue weighted by atomic mass is 9.91. The second-order valence-corrected chi connectivity index (χ2v) is 9.65. The van der Waals surface area contributed by atoms with E-state index in [9.17, 15) is 4.79 Å². The van der Waals surface area contributed by atoms with Gasteiger partial charge in [0.25, 0.3) is 0 Å². The first-order chi connectivity index (χ1) is 17.6. The molecule has 2 saturated carbocycles. The number of pyridine rings is 1. The zero-order valence-corrected chi connectivity index (χ0v) is 20.1. The zero-order valence-electron chi connectivity index (χ0n) is 20.1. The fourth-order valence-corrected chi connectivity index (χ4v) is 4.99. The molecule has 4 aromatic heterocycles. The average Bonchev–Trinajstić information content (AvgIpc) is 3.51. The Labute approximate surface area is 208 Å². The van der Waals surface area contributed by atoms with E-state index >= 15 is 0 Å². The van der Waals surface area contributed by atoms with Crippen molar-refractivity contribution in [2.24, 2.45) is 5.92 Å². The van der Waals surface area contributed by atoms with E-state index in [1.807, 2.05) is 42.3 Å². The third-order valence-corrected chi connectivity index (χ3v) is 7.22. The molecule has 6 rings (SSSR count). The molecule has 0 spiro atoms. The number of hydrogen-bond donors (Lipinski definition) is 2. The van der Waals surface area contributed by atoms with E-state index in [0.717, 1.165) is 72.4 Å². The molecule has 36 heavy (non-hydrogen) atoms. The van der Waals surface area contributed by atoms with Crippen molar-refractivity contribution < 1.29 is 4.79 Å². The van der Waals surface area contributed by atoms with E-state index < -0.39 is 0 Å². The Balaban J connectivity index is 1.19. The van der Waals surface area contributed by atoms with Crippen LogP contribution in [0.1, 0.15) is 50.1 Å². The van der Waals surface area contributed by atoms with E-state index in [1.165, 1.54) is 0 Å². The van der Waals surface area contributed by atoms with Crippen molar-refractivity contribution in [3.8, 4) is 28.7 Å². The van der Waals surface area contributed by atoms with Gasteiger partial charge in [-0.3, -0.25) is 9.78 Å². The van der Waals surface area contributed by atoms with Gasteiger partial charge in [0.15, 0.2) is 0 Å². The van der Waals surface area contributed by atoms with Crippen LogP contribution in [-0.4, -0.2) is 48.6 Å². The number of nitriles is 1. The molecule has 0 saturated heterocycles. The first-order valence-corrected chi connectivity index (χ1v) is 12.4. The predicted molar refractivity (Wildman–Crippen MR) is 134 cm³/mol. The lowest BCUT2D eigenvalue weighted by Gasteiger charge is -2.29. The van der Waals surface area contributed by atoms with Crippen LogP contribution in [0.5, 0.6) is 0 Å². The molecule has 2 aliphatic rings. The number of nitrogens with one attached hydrogen (secondary N) is 2. The fraction of sp³-hybridized carbons (Fsp3) is 0.385. The van der Waals surface area contributed by atoms with Crippen molar-refractivity contribution in [3.63, 3.8) is 0 Å². The Bertz CT molecular complexity index is 1470. The molecule has 0 aromatic carbocycles. The Hall–Kier alpha value is -4.26. The van der Waals surface area contributed by atoms with Crippen LogP contribution in [0.15, 0.2) is 42.9 Å². The molecule has 2 aliphatic carbocycles. The highest BCUT2D eigenvalue weighted by Gasteiger charge is 2.32. The number of rotatable bonds is 6. The quantitative estimate of drug-likeness (QED) is 0.431. The molecule has 2 fully saturated rings. The third-order valence-electron chi connectivity index (χ3n) is 7.22. The summed E-state index contributed by atoms with van der Waals surface area (Å²) in [5, 5.41) is 28.9. The largest absolute Gasteiger partial charge is 0.387 e. The summed E-state index contributed by atoms with van der Waals surface area (Å²) in [5.74, 6) is 0.485. The molecule has 0 unspecified atom stereocenters. The minimum atomic E-state index is 0.230. The summed E-state index contributed by atoms with van der Waals surface area (Å²) >= 11 is 0. The van der Waals surface area contributed by atoms with Crippen molar-refractivity contribution in [2.75, 3.05) is 12.4 Å². The highest BCUT2D eigenvalue weighted by Crippen LogP contribution is 2.34. The average molecular weight is 482 g/mol. The number of nitrogens with zero attached hydrogens (tertiary/aromatic N) is 7. The summed E-state index contributed by atoms with van der Waals surface area (Å²) in [6.45, 7) is 0. The standard InChI is InChI=1S/C26H27N9O/c1-28-22-11-23(25-9-8-20-10-16(12-27)13-30-35(20)25)29-14-21(22)24-15-34(33-32-24)19-6-4-18(5-7-19)31-26(36)17-2-3-17/h8-11,13-15,17-19H,2-7H2,1H3,(H,28,29)(H,31,36). The van der Waals surface area contributed by atoms with Crippen LogP contribution in [0.2, 0.25) is 0 Å². The topological polar surface area (TPSA) is 126 Å². The van der Waals surface area contributed by atoms with Crippen LogP contribution in [0, 0.1) is 17.2 Å². The van der Waals surface area contributed by atoms with Gasteiger partial charge >= 0.3 is 0 Å². The number of aromatic nitrogens is 6. The summed E-state index contributed by atoms with van der Waals surface area (Å²) in [4.78, 5) is 16.8. The van der Waals surface area contributed by atoms with Crippen LogP contribution < -0.4 is 10.6 Å². The number of amides is 1. The second kappa shape index (κ2) is 9.07. The van der Waals surface area contributed by atoms with E-state index in [-0.39, 0.29) is 23.9 Å². The molecule has 10 heteroatoms. The SMILES string of the molecule is CNc1cc(-c2ccc3cc(C#N)cnn23)ncc1-c1cn(C2CCC(NC(=O)C3CC3)CC2)nn1. The van der Waals surface area contributed by atoms with Crippen molar-refractivity contribution in [2.45, 2.75) is 50.6 Å². The van der Waals surface area contributed by atoms with Crippen molar-refractivity contribution in [1.29, 1.82) is 5.26 Å². The van der Waals surface area contributed by atoms with Crippen LogP contribution in [0.4, 0.5) is 5.69 Å². The summed E-state index contributed by atoms with van der Waals surface area (Å²) in [6.07, 6.45) is 11.3. The van der Waals surface area contributed by atoms with Gasteiger partial charge in [0.2, 0.25) is 5.91 Å². The smallest absolute Gasteiger partial charge is 0.223 e. The third kappa shape index (κ3) is 4.17. The monoisotopic (exact) mass is 481 g/mol. The number of fused-ring (bicyclic) bond motifs is 1. The van der Waals surface area contributed by atoms with Crippen LogP contribution in [-0.2, 0) is 4.79 Å². The van der Waals surface area contributed by atoms with Crippen molar-refractivity contribution >= 4 is 17.1 Å². The Morgan fingerprint density at radius 3 is 2.67 bits per heavy atom. The van der Waals surface area contributed by atoms with E-state index in [1.54, 1.807) is 16.8 Å². The second-order valence-electron chi connectivity index (χ2n) is 9.65. The lowest BCUT2D eigenvalue weighted by molar-refractivity contribution is -0.123. The first kappa shape index (κ1) is 22.2. The molecule has 4 aromatic rings. The number of carbonyl (C=O) groups is 1. The normalized spacial score (nSPS) is 19.7. The fourth-order valence-electron chi connectivity index (χ4n) is 4.99. The van der Waals surface area contributed by atoms with Crippen LogP contribution in [0.3, 0.4) is 0 Å². The zero-order chi connectivity index (χ0) is 24.6. The molecule has 182 valence electrons. The van der Waals surface area contributed by atoms with Gasteiger partial charge in [-0.25, -0.2) is 9.20 Å². The molecule has 2 N–H and O–H groups in total. The molecule has 0 aliphatic heterocycles. The minimum Gasteiger partial charge on any atom is -0.387 e. The lowest BCUT2D eigenvalue weighted by Crippen LogP contribution is -2.38. The molecular formula is C26H27N9O. The van der Waals surface area contributed by atoms with Gasteiger partial charge in [0.1, 0.15) is 11.8 Å². The number of carbonyl (C=O) groups excluding carboxylic acids is 1. The molecular weight excluding hydrogens is 454 g/mol. The van der Waals surface area contributed by atoms with Crippen molar-refractivity contribution in [3.05, 3.63) is 48.4 Å². The minimum absolute atomic E-state index is 0.230. The summed E-state index contributed by atoms with van der Waals surface area (Å²) < 4.78 is 3.74. The Morgan fingerprint density at radius 1 is 1.08 bits per heavy atom. The Kier molecular flexibility index (Phi) is 5.60. The van der Waals surface area contributed by atoms with Crippen molar-refractivity contribution in [1.82, 2.24) is 34.9 Å². The number of hydrogen-bond acceptors (Lipinski definition) is 7. The highest BCUT2D eigenvalue weighted by molar-refractivity contribution is 5.81. The maximum Gasteiger partial charge on any atom is 0.223 e. The van der Waals surface area contributed by atoms with Crippen LogP contribution in [0.25, 0.3) is 28.2 Å². The molecule has 10 nitrogen and oxygen atoms in total. The summed E-state index contributed by atoms with van der Waals surface area (Å²) in [6, 6.07) is 10.3. The summed E-state index contributed by atoms with van der Waals surface area (Å²) in [7, 11) is 1.87. The van der Waals surface area contributed by atoms with Gasteiger partial charge < -0.3 is 10.6 Å².